The Labute approximate surface area is 201 Å². The van der Waals surface area contributed by atoms with E-state index in [1.54, 1.807) is 0 Å². The predicted molar refractivity (Wildman–Crippen MR) is 122 cm³/mol. The molecule has 0 radical (unpaired) electrons. The Morgan fingerprint density at radius 1 is 1.09 bits per heavy atom. The van der Waals surface area contributed by atoms with Gasteiger partial charge in [-0.2, -0.15) is 13.2 Å². The summed E-state index contributed by atoms with van der Waals surface area (Å²) in [5.41, 5.74) is -1.23. The van der Waals surface area contributed by atoms with Crippen molar-refractivity contribution in [1.29, 1.82) is 0 Å². The van der Waals surface area contributed by atoms with E-state index in [9.17, 15) is 30.8 Å². The van der Waals surface area contributed by atoms with Crippen LogP contribution in [0.15, 0.2) is 47.4 Å². The van der Waals surface area contributed by atoms with Gasteiger partial charge in [0.2, 0.25) is 0 Å². The van der Waals surface area contributed by atoms with Gasteiger partial charge in [-0.1, -0.05) is 41.9 Å². The lowest BCUT2D eigenvalue weighted by Crippen LogP contribution is -2.47. The van der Waals surface area contributed by atoms with Crippen LogP contribution in [0.3, 0.4) is 0 Å². The third-order valence-corrected chi connectivity index (χ3v) is 6.30. The molecule has 188 valence electrons. The number of sulfone groups is 1. The van der Waals surface area contributed by atoms with Crippen molar-refractivity contribution in [3.05, 3.63) is 53.1 Å². The van der Waals surface area contributed by atoms with Gasteiger partial charge < -0.3 is 4.74 Å². The largest absolute Gasteiger partial charge is 0.465 e. The van der Waals surface area contributed by atoms with Crippen LogP contribution in [0.4, 0.5) is 17.6 Å². The molecule has 1 unspecified atom stereocenters. The lowest BCUT2D eigenvalue weighted by Gasteiger charge is -2.29. The van der Waals surface area contributed by atoms with Crippen LogP contribution >= 0.6 is 11.6 Å². The van der Waals surface area contributed by atoms with Crippen LogP contribution in [-0.4, -0.2) is 45.1 Å². The second-order valence-electron chi connectivity index (χ2n) is 8.40. The zero-order valence-electron chi connectivity index (χ0n) is 19.0. The Bertz CT molecular complexity index is 1110. The first-order chi connectivity index (χ1) is 15.5. The highest BCUT2D eigenvalue weighted by molar-refractivity contribution is 7.90. The number of hydrogen-bond donors (Lipinski definition) is 1. The summed E-state index contributed by atoms with van der Waals surface area (Å²) in [6, 6.07) is 5.52. The second-order valence-corrected chi connectivity index (χ2v) is 10.8. The molecule has 1 N–H and O–H groups in total. The molecule has 0 amide bonds. The number of ether oxygens (including phenoxy) is 1. The monoisotopic (exact) mass is 523 g/mol. The molecule has 11 heteroatoms. The van der Waals surface area contributed by atoms with Gasteiger partial charge in [-0.25, -0.2) is 12.8 Å². The van der Waals surface area contributed by atoms with Crippen LogP contribution in [0.5, 0.6) is 0 Å². The maximum Gasteiger partial charge on any atom is 0.407 e. The molecule has 0 spiro atoms. The SMILES string of the molecule is CCOC(=O)[C@@H](CC(C)(C)F)NC(c1ccc(-c2ccc(S(C)(=O)=O)cc2Cl)cc1)C(F)(F)F. The maximum absolute atomic E-state index is 14.2. The van der Waals surface area contributed by atoms with E-state index in [2.05, 4.69) is 5.32 Å². The van der Waals surface area contributed by atoms with Crippen LogP contribution in [-0.2, 0) is 19.4 Å². The summed E-state index contributed by atoms with van der Waals surface area (Å²) in [7, 11) is -3.48. The lowest BCUT2D eigenvalue weighted by molar-refractivity contribution is -0.165. The van der Waals surface area contributed by atoms with Crippen molar-refractivity contribution < 1.29 is 35.5 Å². The van der Waals surface area contributed by atoms with Crippen molar-refractivity contribution in [3.63, 3.8) is 0 Å². The van der Waals surface area contributed by atoms with E-state index in [1.165, 1.54) is 49.4 Å². The molecular formula is C23H26ClF4NO4S. The number of hydrogen-bond acceptors (Lipinski definition) is 5. The minimum absolute atomic E-state index is 0.0139. The van der Waals surface area contributed by atoms with Gasteiger partial charge >= 0.3 is 12.1 Å². The standard InChI is InChI=1S/C23H26ClF4NO4S/c1-5-33-21(30)19(13-22(2,3)25)29-20(23(26,27)28)15-8-6-14(7-9-15)17-11-10-16(12-18(17)24)34(4,31)32/h6-12,19-20,29H,5,13H2,1-4H3/t19-,20?/m1/s1. The summed E-state index contributed by atoms with van der Waals surface area (Å²) < 4.78 is 84.1. The maximum atomic E-state index is 14.2. The summed E-state index contributed by atoms with van der Waals surface area (Å²) in [5, 5.41) is 2.33. The van der Waals surface area contributed by atoms with Crippen LogP contribution in [0.1, 0.15) is 38.8 Å². The van der Waals surface area contributed by atoms with Crippen molar-refractivity contribution in [2.45, 2.75) is 56.0 Å². The summed E-state index contributed by atoms with van der Waals surface area (Å²) in [5.74, 6) is -0.975. The predicted octanol–water partition coefficient (Wildman–Crippen LogP) is 5.67. The number of nitrogens with one attached hydrogen (secondary N) is 1. The average Bonchev–Trinajstić information content (AvgIpc) is 2.69. The van der Waals surface area contributed by atoms with Gasteiger partial charge in [0.25, 0.3) is 0 Å². The number of alkyl halides is 4. The first-order valence-corrected chi connectivity index (χ1v) is 12.6. The summed E-state index contributed by atoms with van der Waals surface area (Å²) in [4.78, 5) is 12.2. The van der Waals surface area contributed by atoms with E-state index in [-0.39, 0.29) is 22.1 Å². The summed E-state index contributed by atoms with van der Waals surface area (Å²) in [6.07, 6.45) is -4.27. The van der Waals surface area contributed by atoms with Crippen LogP contribution in [0, 0.1) is 0 Å². The van der Waals surface area contributed by atoms with Crippen molar-refractivity contribution in [1.82, 2.24) is 5.32 Å². The molecule has 5 nitrogen and oxygen atoms in total. The first kappa shape index (κ1) is 28.1. The zero-order valence-corrected chi connectivity index (χ0v) is 20.6. The summed E-state index contributed by atoms with van der Waals surface area (Å²) in [6.45, 7) is 3.77. The van der Waals surface area contributed by atoms with Crippen molar-refractivity contribution >= 4 is 27.4 Å². The Hall–Kier alpha value is -2.17. The number of carbonyl (C=O) groups is 1. The van der Waals surface area contributed by atoms with Crippen molar-refractivity contribution in [2.24, 2.45) is 0 Å². The van der Waals surface area contributed by atoms with Crippen LogP contribution in [0.2, 0.25) is 5.02 Å². The molecule has 0 heterocycles. The number of carbonyl (C=O) groups excluding carboxylic acids is 1. The first-order valence-electron chi connectivity index (χ1n) is 10.3. The number of rotatable bonds is 9. The molecule has 0 aromatic heterocycles. The molecule has 0 saturated heterocycles. The van der Waals surface area contributed by atoms with Crippen molar-refractivity contribution in [3.8, 4) is 11.1 Å². The van der Waals surface area contributed by atoms with E-state index in [4.69, 9.17) is 16.3 Å². The molecule has 0 aliphatic heterocycles. The molecule has 0 saturated carbocycles. The number of benzene rings is 2. The highest BCUT2D eigenvalue weighted by Crippen LogP contribution is 2.36. The number of esters is 1. The zero-order chi connectivity index (χ0) is 25.9. The summed E-state index contributed by atoms with van der Waals surface area (Å²) >= 11 is 6.20. The lowest BCUT2D eigenvalue weighted by atomic mass is 9.97. The van der Waals surface area contributed by atoms with E-state index < -0.39 is 46.2 Å². The molecule has 2 atom stereocenters. The molecule has 0 aliphatic carbocycles. The topological polar surface area (TPSA) is 72.5 Å². The molecule has 0 bridgehead atoms. The van der Waals surface area contributed by atoms with E-state index in [1.807, 2.05) is 0 Å². The number of halogens is 5. The third kappa shape index (κ3) is 7.68. The van der Waals surface area contributed by atoms with E-state index in [0.717, 1.165) is 20.1 Å². The third-order valence-electron chi connectivity index (χ3n) is 4.88. The minimum Gasteiger partial charge on any atom is -0.465 e. The van der Waals surface area contributed by atoms with E-state index >= 15 is 0 Å². The molecular weight excluding hydrogens is 498 g/mol. The van der Waals surface area contributed by atoms with Gasteiger partial charge in [0.05, 0.1) is 11.5 Å². The van der Waals surface area contributed by atoms with Gasteiger partial charge in [0.1, 0.15) is 17.8 Å². The molecule has 0 aliphatic rings. The normalized spacial score (nSPS) is 14.5. The van der Waals surface area contributed by atoms with E-state index in [0.29, 0.717) is 11.1 Å². The second kappa shape index (κ2) is 10.6. The van der Waals surface area contributed by atoms with Crippen LogP contribution < -0.4 is 5.32 Å². The Kier molecular flexibility index (Phi) is 8.77. The fourth-order valence-electron chi connectivity index (χ4n) is 3.34. The van der Waals surface area contributed by atoms with Gasteiger partial charge in [-0.15, -0.1) is 0 Å². The van der Waals surface area contributed by atoms with Crippen LogP contribution in [0.25, 0.3) is 11.1 Å². The van der Waals surface area contributed by atoms with Gasteiger partial charge in [-0.05, 0) is 44.0 Å². The Morgan fingerprint density at radius 3 is 2.12 bits per heavy atom. The highest BCUT2D eigenvalue weighted by atomic mass is 35.5. The Balaban J connectivity index is 2.39. The molecule has 2 aromatic rings. The smallest absolute Gasteiger partial charge is 0.407 e. The minimum atomic E-state index is -4.79. The van der Waals surface area contributed by atoms with Crippen molar-refractivity contribution in [2.75, 3.05) is 12.9 Å². The fraction of sp³-hybridized carbons (Fsp3) is 0.435. The molecule has 2 aromatic carbocycles. The fourth-order valence-corrected chi connectivity index (χ4v) is 4.34. The molecule has 2 rings (SSSR count). The average molecular weight is 524 g/mol. The Morgan fingerprint density at radius 2 is 1.68 bits per heavy atom. The molecule has 34 heavy (non-hydrogen) atoms. The van der Waals surface area contributed by atoms with Gasteiger partial charge in [0.15, 0.2) is 9.84 Å². The highest BCUT2D eigenvalue weighted by Gasteiger charge is 2.44. The van der Waals surface area contributed by atoms with Gasteiger partial charge in [0, 0.05) is 23.3 Å². The quantitative estimate of drug-likeness (QED) is 0.338. The molecule has 0 fully saturated rings. The van der Waals surface area contributed by atoms with Gasteiger partial charge in [-0.3, -0.25) is 10.1 Å².